The van der Waals surface area contributed by atoms with Crippen molar-refractivity contribution in [2.75, 3.05) is 6.54 Å². The molecule has 0 atom stereocenters. The van der Waals surface area contributed by atoms with Gasteiger partial charge in [-0.1, -0.05) is 32.0 Å². The van der Waals surface area contributed by atoms with Gasteiger partial charge in [-0.2, -0.15) is 0 Å². The van der Waals surface area contributed by atoms with Crippen molar-refractivity contribution in [1.29, 1.82) is 0 Å². The molecule has 1 N–H and O–H groups in total. The third kappa shape index (κ3) is 3.09. The molecule has 0 bridgehead atoms. The Morgan fingerprint density at radius 1 is 1.25 bits per heavy atom. The van der Waals surface area contributed by atoms with Gasteiger partial charge in [0.15, 0.2) is 0 Å². The van der Waals surface area contributed by atoms with Crippen LogP contribution in [0.25, 0.3) is 0 Å². The van der Waals surface area contributed by atoms with Crippen LogP contribution in [0.1, 0.15) is 37.5 Å². The molecule has 0 unspecified atom stereocenters. The van der Waals surface area contributed by atoms with Gasteiger partial charge in [0, 0.05) is 18.9 Å². The summed E-state index contributed by atoms with van der Waals surface area (Å²) in [6.45, 7) is 10.7. The van der Waals surface area contributed by atoms with Crippen molar-refractivity contribution in [3.63, 3.8) is 0 Å². The molecule has 0 radical (unpaired) electrons. The molecule has 0 aliphatic rings. The lowest BCUT2D eigenvalue weighted by atomic mass is 9.83. The number of carbonyl (C=O) groups excluding carboxylic acids is 1. The molecule has 16 heavy (non-hydrogen) atoms. The largest absolute Gasteiger partial charge is 0.355 e. The lowest BCUT2D eigenvalue weighted by molar-refractivity contribution is -0.119. The summed E-state index contributed by atoms with van der Waals surface area (Å²) in [5.74, 6) is 0.0249. The Kier molecular flexibility index (Phi) is 3.74. The predicted octanol–water partition coefficient (Wildman–Crippen LogP) is 2.72. The van der Waals surface area contributed by atoms with Gasteiger partial charge in [0.05, 0.1) is 0 Å². The topological polar surface area (TPSA) is 29.1 Å². The second-order valence-corrected chi connectivity index (χ2v) is 5.09. The number of hydrogen-bond donors (Lipinski definition) is 1. The average molecular weight is 219 g/mol. The Labute approximate surface area is 98.1 Å². The van der Waals surface area contributed by atoms with E-state index in [0.717, 1.165) is 0 Å². The first kappa shape index (κ1) is 12.8. The minimum atomic E-state index is -0.0237. The summed E-state index contributed by atoms with van der Waals surface area (Å²) in [5.41, 5.74) is 3.85. The summed E-state index contributed by atoms with van der Waals surface area (Å²) in [5, 5.41) is 2.88. The quantitative estimate of drug-likeness (QED) is 0.832. The van der Waals surface area contributed by atoms with Crippen molar-refractivity contribution in [3.05, 3.63) is 34.9 Å². The number of rotatable bonds is 3. The molecule has 0 aliphatic carbocycles. The summed E-state index contributed by atoms with van der Waals surface area (Å²) in [7, 11) is 0. The van der Waals surface area contributed by atoms with Gasteiger partial charge in [-0.25, -0.2) is 0 Å². The van der Waals surface area contributed by atoms with Crippen LogP contribution < -0.4 is 5.32 Å². The van der Waals surface area contributed by atoms with Crippen molar-refractivity contribution in [1.82, 2.24) is 5.32 Å². The molecule has 1 amide bonds. The summed E-state index contributed by atoms with van der Waals surface area (Å²) < 4.78 is 0. The summed E-state index contributed by atoms with van der Waals surface area (Å²) >= 11 is 0. The Bertz CT molecular complexity index is 394. The standard InChI is InChI=1S/C14H21NO/c1-10-6-7-13(8-11(10)2)14(4,5)9-15-12(3)16/h6-8H,9H2,1-5H3,(H,15,16). The van der Waals surface area contributed by atoms with E-state index in [4.69, 9.17) is 0 Å². The van der Waals surface area contributed by atoms with E-state index in [-0.39, 0.29) is 11.3 Å². The molecule has 0 saturated carbocycles. The van der Waals surface area contributed by atoms with E-state index in [1.807, 2.05) is 0 Å². The normalized spacial score (nSPS) is 11.3. The second kappa shape index (κ2) is 4.69. The molecule has 88 valence electrons. The number of nitrogens with one attached hydrogen (secondary N) is 1. The van der Waals surface area contributed by atoms with Crippen molar-refractivity contribution in [3.8, 4) is 0 Å². The lowest BCUT2D eigenvalue weighted by Crippen LogP contribution is -2.35. The molecule has 1 aromatic rings. The van der Waals surface area contributed by atoms with Gasteiger partial charge in [0.25, 0.3) is 0 Å². The molecule has 1 aromatic carbocycles. The summed E-state index contributed by atoms with van der Waals surface area (Å²) in [6, 6.07) is 6.49. The maximum Gasteiger partial charge on any atom is 0.216 e. The van der Waals surface area contributed by atoms with E-state index in [0.29, 0.717) is 6.54 Å². The molecule has 1 rings (SSSR count). The summed E-state index contributed by atoms with van der Waals surface area (Å²) in [4.78, 5) is 10.9. The maximum atomic E-state index is 10.9. The van der Waals surface area contributed by atoms with E-state index < -0.39 is 0 Å². The molecule has 0 spiro atoms. The van der Waals surface area contributed by atoms with Crippen LogP contribution in [0, 0.1) is 13.8 Å². The number of hydrogen-bond acceptors (Lipinski definition) is 1. The van der Waals surface area contributed by atoms with Crippen LogP contribution >= 0.6 is 0 Å². The first-order valence-electron chi connectivity index (χ1n) is 5.65. The zero-order chi connectivity index (χ0) is 12.3. The van der Waals surface area contributed by atoms with Crippen LogP contribution in [-0.4, -0.2) is 12.5 Å². The Morgan fingerprint density at radius 2 is 1.88 bits per heavy atom. The molecular weight excluding hydrogens is 198 g/mol. The van der Waals surface area contributed by atoms with Crippen molar-refractivity contribution in [2.24, 2.45) is 0 Å². The van der Waals surface area contributed by atoms with Crippen molar-refractivity contribution < 1.29 is 4.79 Å². The SMILES string of the molecule is CC(=O)NCC(C)(C)c1ccc(C)c(C)c1. The third-order valence-electron chi connectivity index (χ3n) is 3.07. The molecule has 0 fully saturated rings. The zero-order valence-electron chi connectivity index (χ0n) is 10.8. The van der Waals surface area contributed by atoms with E-state index in [1.54, 1.807) is 6.92 Å². The van der Waals surface area contributed by atoms with Crippen LogP contribution in [0.5, 0.6) is 0 Å². The van der Waals surface area contributed by atoms with Gasteiger partial charge >= 0.3 is 0 Å². The molecule has 0 aliphatic heterocycles. The van der Waals surface area contributed by atoms with Gasteiger partial charge in [-0.3, -0.25) is 4.79 Å². The molecule has 2 heteroatoms. The van der Waals surface area contributed by atoms with E-state index in [9.17, 15) is 4.79 Å². The fraction of sp³-hybridized carbons (Fsp3) is 0.500. The molecule has 2 nitrogen and oxygen atoms in total. The fourth-order valence-corrected chi connectivity index (χ4v) is 1.61. The average Bonchev–Trinajstić information content (AvgIpc) is 2.19. The minimum Gasteiger partial charge on any atom is -0.355 e. The highest BCUT2D eigenvalue weighted by Crippen LogP contribution is 2.24. The Hall–Kier alpha value is -1.31. The first-order valence-corrected chi connectivity index (χ1v) is 5.65. The van der Waals surface area contributed by atoms with Crippen molar-refractivity contribution in [2.45, 2.75) is 40.0 Å². The monoisotopic (exact) mass is 219 g/mol. The zero-order valence-corrected chi connectivity index (χ0v) is 10.8. The minimum absolute atomic E-state index is 0.0237. The highest BCUT2D eigenvalue weighted by molar-refractivity contribution is 5.72. The van der Waals surface area contributed by atoms with Crippen LogP contribution in [0.4, 0.5) is 0 Å². The smallest absolute Gasteiger partial charge is 0.216 e. The Morgan fingerprint density at radius 3 is 2.38 bits per heavy atom. The molecule has 0 saturated heterocycles. The van der Waals surface area contributed by atoms with Crippen LogP contribution in [0.15, 0.2) is 18.2 Å². The van der Waals surface area contributed by atoms with Gasteiger partial charge < -0.3 is 5.32 Å². The number of aryl methyl sites for hydroxylation is 2. The van der Waals surface area contributed by atoms with E-state index in [2.05, 4.69) is 51.2 Å². The van der Waals surface area contributed by atoms with Crippen LogP contribution in [0.2, 0.25) is 0 Å². The van der Waals surface area contributed by atoms with Gasteiger partial charge in [0.1, 0.15) is 0 Å². The highest BCUT2D eigenvalue weighted by atomic mass is 16.1. The van der Waals surface area contributed by atoms with Gasteiger partial charge in [-0.05, 0) is 30.5 Å². The van der Waals surface area contributed by atoms with E-state index in [1.165, 1.54) is 16.7 Å². The van der Waals surface area contributed by atoms with Gasteiger partial charge in [0.2, 0.25) is 5.91 Å². The predicted molar refractivity (Wildman–Crippen MR) is 67.6 cm³/mol. The number of benzene rings is 1. The summed E-state index contributed by atoms with van der Waals surface area (Å²) in [6.07, 6.45) is 0. The molecular formula is C14H21NO. The highest BCUT2D eigenvalue weighted by Gasteiger charge is 2.20. The lowest BCUT2D eigenvalue weighted by Gasteiger charge is -2.26. The fourth-order valence-electron chi connectivity index (χ4n) is 1.61. The van der Waals surface area contributed by atoms with Crippen LogP contribution in [0.3, 0.4) is 0 Å². The maximum absolute atomic E-state index is 10.9. The van der Waals surface area contributed by atoms with Gasteiger partial charge in [-0.15, -0.1) is 0 Å². The second-order valence-electron chi connectivity index (χ2n) is 5.09. The molecule has 0 heterocycles. The van der Waals surface area contributed by atoms with Crippen LogP contribution in [-0.2, 0) is 10.2 Å². The molecule has 0 aromatic heterocycles. The Balaban J connectivity index is 2.88. The third-order valence-corrected chi connectivity index (χ3v) is 3.07. The van der Waals surface area contributed by atoms with E-state index >= 15 is 0 Å². The number of carbonyl (C=O) groups is 1. The first-order chi connectivity index (χ1) is 7.33. The van der Waals surface area contributed by atoms with Crippen molar-refractivity contribution >= 4 is 5.91 Å². The number of amides is 1.